The third-order valence-corrected chi connectivity index (χ3v) is 5.79. The number of rotatable bonds is 10. The summed E-state index contributed by atoms with van der Waals surface area (Å²) in [7, 11) is 0. The molecule has 4 aromatic rings. The van der Waals surface area contributed by atoms with Gasteiger partial charge < -0.3 is 14.6 Å². The van der Waals surface area contributed by atoms with Gasteiger partial charge in [-0.1, -0.05) is 24.3 Å². The van der Waals surface area contributed by atoms with Gasteiger partial charge >= 0.3 is 0 Å². The molecule has 2 aromatic carbocycles. The lowest BCUT2D eigenvalue weighted by atomic mass is 10.1. The molecule has 0 saturated carbocycles. The van der Waals surface area contributed by atoms with Crippen molar-refractivity contribution < 1.29 is 18.5 Å². The molecular formula is C23H21FN6O3S. The highest BCUT2D eigenvalue weighted by Crippen LogP contribution is 2.34. The predicted molar refractivity (Wildman–Crippen MR) is 128 cm³/mol. The van der Waals surface area contributed by atoms with Crippen LogP contribution in [0.25, 0.3) is 11.3 Å². The van der Waals surface area contributed by atoms with Gasteiger partial charge in [0.2, 0.25) is 0 Å². The summed E-state index contributed by atoms with van der Waals surface area (Å²) >= 11 is -1.32. The van der Waals surface area contributed by atoms with Crippen LogP contribution in [-0.2, 0) is 18.0 Å². The second-order valence-corrected chi connectivity index (χ2v) is 8.49. The van der Waals surface area contributed by atoms with Crippen LogP contribution < -0.4 is 14.8 Å². The smallest absolute Gasteiger partial charge is 0.156 e. The van der Waals surface area contributed by atoms with Crippen molar-refractivity contribution in [1.82, 2.24) is 20.2 Å². The van der Waals surface area contributed by atoms with Gasteiger partial charge in [-0.25, -0.2) is 14.1 Å². The second kappa shape index (κ2) is 10.8. The molecule has 0 saturated heterocycles. The number of anilines is 3. The molecule has 11 heteroatoms. The zero-order valence-electron chi connectivity index (χ0n) is 18.1. The van der Waals surface area contributed by atoms with Crippen molar-refractivity contribution >= 4 is 35.0 Å². The maximum Gasteiger partial charge on any atom is 0.156 e. The summed E-state index contributed by atoms with van der Waals surface area (Å²) in [5.41, 5.74) is 2.08. The van der Waals surface area contributed by atoms with E-state index in [0.717, 1.165) is 0 Å². The number of H-pyrrole nitrogens is 1. The zero-order chi connectivity index (χ0) is 23.9. The second-order valence-electron chi connectivity index (χ2n) is 7.02. The largest absolute Gasteiger partial charge is 0.593 e. The Morgan fingerprint density at radius 2 is 2.09 bits per heavy atom. The van der Waals surface area contributed by atoms with Crippen LogP contribution in [0, 0.1) is 5.82 Å². The molecule has 0 radical (unpaired) electrons. The minimum Gasteiger partial charge on any atom is -0.593 e. The average Bonchev–Trinajstić information content (AvgIpc) is 3.27. The summed E-state index contributed by atoms with van der Waals surface area (Å²) in [6.45, 7) is 1.74. The number of carbonyl (C=O) groups is 1. The van der Waals surface area contributed by atoms with Crippen LogP contribution >= 0.6 is 0 Å². The lowest BCUT2D eigenvalue weighted by Gasteiger charge is -2.16. The van der Waals surface area contributed by atoms with E-state index in [-0.39, 0.29) is 18.0 Å². The Hall–Kier alpha value is -3.96. The molecule has 0 bridgehead atoms. The minimum atomic E-state index is -1.32. The Labute approximate surface area is 198 Å². The zero-order valence-corrected chi connectivity index (χ0v) is 18.9. The highest BCUT2D eigenvalue weighted by Gasteiger charge is 2.18. The highest BCUT2D eigenvalue weighted by molar-refractivity contribution is 7.92. The number of nitrogens with one attached hydrogen (secondary N) is 3. The molecule has 0 spiro atoms. The molecule has 0 amide bonds. The van der Waals surface area contributed by atoms with E-state index in [1.165, 1.54) is 24.7 Å². The molecule has 0 aliphatic carbocycles. The van der Waals surface area contributed by atoms with Crippen LogP contribution in [0.15, 0.2) is 61.1 Å². The number of aromatic amines is 1. The Balaban J connectivity index is 1.66. The fourth-order valence-corrected chi connectivity index (χ4v) is 3.67. The first-order chi connectivity index (χ1) is 16.6. The summed E-state index contributed by atoms with van der Waals surface area (Å²) in [4.78, 5) is 20.0. The van der Waals surface area contributed by atoms with Crippen LogP contribution in [-0.4, -0.2) is 36.8 Å². The lowest BCUT2D eigenvalue weighted by Crippen LogP contribution is -2.15. The van der Waals surface area contributed by atoms with Gasteiger partial charge in [0.25, 0.3) is 0 Å². The molecule has 1 unspecified atom stereocenters. The Bertz CT molecular complexity index is 1270. The van der Waals surface area contributed by atoms with Crippen LogP contribution in [0.3, 0.4) is 0 Å². The molecule has 0 aliphatic heterocycles. The monoisotopic (exact) mass is 480 g/mol. The van der Waals surface area contributed by atoms with Gasteiger partial charge in [0.15, 0.2) is 6.29 Å². The van der Waals surface area contributed by atoms with Gasteiger partial charge in [0.1, 0.15) is 46.9 Å². The van der Waals surface area contributed by atoms with E-state index in [9.17, 15) is 13.7 Å². The standard InChI is InChI=1S/C23H21FN6O3S/c1-2-34(32)30-19-8-7-15(11-20(19)33-14-16-5-3-4-6-18(16)24)22-17(13-31)23(29-28-22)27-21-12-25-9-10-26-21/h3-13,30H,2,14H2,1H3,(H2,26,27,28,29). The van der Waals surface area contributed by atoms with Crippen molar-refractivity contribution in [2.75, 3.05) is 15.8 Å². The van der Waals surface area contributed by atoms with E-state index in [4.69, 9.17) is 4.74 Å². The Kier molecular flexibility index (Phi) is 7.35. The lowest BCUT2D eigenvalue weighted by molar-refractivity contribution is 0.112. The fourth-order valence-electron chi connectivity index (χ4n) is 3.11. The number of ether oxygens (including phenoxy) is 1. The normalized spacial score (nSPS) is 11.6. The summed E-state index contributed by atoms with van der Waals surface area (Å²) < 4.78 is 34.9. The van der Waals surface area contributed by atoms with Crippen molar-refractivity contribution in [3.63, 3.8) is 0 Å². The number of hydrogen-bond acceptors (Lipinski definition) is 8. The molecule has 34 heavy (non-hydrogen) atoms. The van der Waals surface area contributed by atoms with Crippen molar-refractivity contribution in [3.8, 4) is 17.0 Å². The fraction of sp³-hybridized carbons (Fsp3) is 0.130. The van der Waals surface area contributed by atoms with Crippen LogP contribution in [0.2, 0.25) is 0 Å². The number of aromatic nitrogens is 4. The molecule has 2 aromatic heterocycles. The number of aldehydes is 1. The minimum absolute atomic E-state index is 0.0375. The molecule has 9 nitrogen and oxygen atoms in total. The number of benzene rings is 2. The van der Waals surface area contributed by atoms with E-state index in [0.29, 0.717) is 51.9 Å². The van der Waals surface area contributed by atoms with Crippen LogP contribution in [0.5, 0.6) is 5.75 Å². The van der Waals surface area contributed by atoms with Gasteiger partial charge in [-0.3, -0.25) is 14.9 Å². The Morgan fingerprint density at radius 3 is 2.82 bits per heavy atom. The third-order valence-electron chi connectivity index (χ3n) is 4.82. The van der Waals surface area contributed by atoms with E-state index >= 15 is 0 Å². The molecular weight excluding hydrogens is 459 g/mol. The number of nitrogens with zero attached hydrogens (tertiary/aromatic N) is 3. The summed E-state index contributed by atoms with van der Waals surface area (Å²) in [5.74, 6) is 1.14. The first-order valence-corrected chi connectivity index (χ1v) is 11.6. The number of hydrogen-bond donors (Lipinski definition) is 3. The quantitative estimate of drug-likeness (QED) is 0.227. The van der Waals surface area contributed by atoms with Gasteiger partial charge in [-0.2, -0.15) is 5.10 Å². The highest BCUT2D eigenvalue weighted by atomic mass is 32.2. The topological polar surface area (TPSA) is 128 Å². The summed E-state index contributed by atoms with van der Waals surface area (Å²) in [6.07, 6.45) is 5.24. The number of halogens is 1. The molecule has 4 rings (SSSR count). The Morgan fingerprint density at radius 1 is 1.24 bits per heavy atom. The van der Waals surface area contributed by atoms with Crippen molar-refractivity contribution in [3.05, 3.63) is 78.0 Å². The molecule has 2 heterocycles. The van der Waals surface area contributed by atoms with Crippen LogP contribution in [0.4, 0.5) is 21.7 Å². The SMILES string of the molecule is CC[S+]([O-])Nc1ccc(-c2n[nH]c(Nc3cnccn3)c2C=O)cc1OCc1ccccc1F. The first-order valence-electron chi connectivity index (χ1n) is 10.3. The molecule has 174 valence electrons. The van der Waals surface area contributed by atoms with Gasteiger partial charge in [-0.05, 0) is 25.1 Å². The van der Waals surface area contributed by atoms with E-state index < -0.39 is 11.4 Å². The molecule has 3 N–H and O–H groups in total. The third kappa shape index (κ3) is 5.33. The molecule has 0 fully saturated rings. The number of carbonyl (C=O) groups excluding carboxylic acids is 1. The summed E-state index contributed by atoms with van der Waals surface area (Å²) in [5, 5.41) is 10.0. The van der Waals surface area contributed by atoms with E-state index in [2.05, 4.69) is 30.2 Å². The van der Waals surface area contributed by atoms with Gasteiger partial charge in [-0.15, -0.1) is 0 Å². The van der Waals surface area contributed by atoms with Gasteiger partial charge in [0.05, 0.1) is 23.1 Å². The summed E-state index contributed by atoms with van der Waals surface area (Å²) in [6, 6.07) is 11.4. The van der Waals surface area contributed by atoms with Crippen molar-refractivity contribution in [2.24, 2.45) is 0 Å². The average molecular weight is 481 g/mol. The maximum absolute atomic E-state index is 14.1. The molecule has 0 aliphatic rings. The molecule has 1 atom stereocenters. The first kappa shape index (κ1) is 23.2. The predicted octanol–water partition coefficient (Wildman–Crippen LogP) is 4.24. The van der Waals surface area contributed by atoms with E-state index in [1.807, 2.05) is 0 Å². The van der Waals surface area contributed by atoms with Crippen molar-refractivity contribution in [1.29, 1.82) is 0 Å². The van der Waals surface area contributed by atoms with Crippen molar-refractivity contribution in [2.45, 2.75) is 13.5 Å². The van der Waals surface area contributed by atoms with Crippen LogP contribution in [0.1, 0.15) is 22.8 Å². The van der Waals surface area contributed by atoms with E-state index in [1.54, 1.807) is 43.3 Å². The van der Waals surface area contributed by atoms with Gasteiger partial charge in [0, 0.05) is 23.5 Å². The maximum atomic E-state index is 14.1.